The van der Waals surface area contributed by atoms with Gasteiger partial charge in [-0.05, 0) is 19.3 Å². The fourth-order valence-electron chi connectivity index (χ4n) is 1.64. The third-order valence-electron chi connectivity index (χ3n) is 2.42. The maximum Gasteiger partial charge on any atom is 0.0852 e. The lowest BCUT2D eigenvalue weighted by molar-refractivity contribution is 0.291. The molecule has 0 aromatic rings. The fraction of sp³-hybridized carbons (Fsp3) is 0.875. The van der Waals surface area contributed by atoms with E-state index in [1.54, 1.807) is 0 Å². The van der Waals surface area contributed by atoms with Crippen LogP contribution in [0, 0.1) is 12.3 Å². The molecule has 1 nitrogen and oxygen atoms in total. The van der Waals surface area contributed by atoms with Crippen molar-refractivity contribution in [3.05, 3.63) is 6.42 Å². The van der Waals surface area contributed by atoms with Crippen molar-refractivity contribution >= 4 is 23.2 Å². The molecule has 1 radical (unpaired) electrons. The number of halogens is 2. The quantitative estimate of drug-likeness (QED) is 0.460. The molecule has 2 fully saturated rings. The summed E-state index contributed by atoms with van der Waals surface area (Å²) < 4.78 is 5.21. The van der Waals surface area contributed by atoms with Crippen LogP contribution >= 0.6 is 23.2 Å². The molecule has 0 bridgehead atoms. The van der Waals surface area contributed by atoms with Crippen molar-refractivity contribution in [1.82, 2.24) is 0 Å². The molecular weight excluding hydrogens is 183 g/mol. The molecule has 2 aliphatic rings. The van der Waals surface area contributed by atoms with Crippen LogP contribution in [0.3, 0.4) is 0 Å². The zero-order chi connectivity index (χ0) is 7.84. The van der Waals surface area contributed by atoms with Gasteiger partial charge in [0.1, 0.15) is 0 Å². The average molecular weight is 194 g/mol. The standard InChI is InChI=1S/C8H11Cl2O/c9-5-1-2-7(10)6(3-5)8-4-11-8/h1,5-8H,2-4H2. The molecule has 11 heavy (non-hydrogen) atoms. The second-order valence-corrected chi connectivity index (χ2v) is 4.40. The van der Waals surface area contributed by atoms with Crippen molar-refractivity contribution in [3.8, 4) is 0 Å². The summed E-state index contributed by atoms with van der Waals surface area (Å²) in [6.07, 6.45) is 4.42. The minimum Gasteiger partial charge on any atom is -0.373 e. The molecule has 0 amide bonds. The topological polar surface area (TPSA) is 12.5 Å². The molecule has 1 aliphatic heterocycles. The summed E-state index contributed by atoms with van der Waals surface area (Å²) in [4.78, 5) is 0. The zero-order valence-corrected chi connectivity index (χ0v) is 7.68. The van der Waals surface area contributed by atoms with Gasteiger partial charge in [0.15, 0.2) is 0 Å². The summed E-state index contributed by atoms with van der Waals surface area (Å²) in [5.74, 6) is 0.490. The Labute approximate surface area is 77.0 Å². The highest BCUT2D eigenvalue weighted by molar-refractivity contribution is 6.23. The molecule has 1 saturated heterocycles. The summed E-state index contributed by atoms with van der Waals surface area (Å²) in [5, 5.41) is 0.455. The van der Waals surface area contributed by atoms with Crippen molar-refractivity contribution < 1.29 is 4.74 Å². The molecule has 4 atom stereocenters. The Kier molecular flexibility index (Phi) is 2.31. The Bertz CT molecular complexity index is 147. The van der Waals surface area contributed by atoms with E-state index in [0.29, 0.717) is 12.0 Å². The highest BCUT2D eigenvalue weighted by atomic mass is 35.5. The van der Waals surface area contributed by atoms with E-state index in [1.807, 2.05) is 0 Å². The lowest BCUT2D eigenvalue weighted by atomic mass is 9.86. The predicted octanol–water partition coefficient (Wildman–Crippen LogP) is 2.21. The van der Waals surface area contributed by atoms with E-state index >= 15 is 0 Å². The van der Waals surface area contributed by atoms with Crippen LogP contribution in [-0.4, -0.2) is 23.5 Å². The Balaban J connectivity index is 1.93. The van der Waals surface area contributed by atoms with Crippen LogP contribution in [0.4, 0.5) is 0 Å². The normalized spacial score (nSPS) is 50.7. The Hall–Kier alpha value is 0.540. The van der Waals surface area contributed by atoms with Crippen molar-refractivity contribution in [2.24, 2.45) is 5.92 Å². The minimum atomic E-state index is 0.208. The lowest BCUT2D eigenvalue weighted by Gasteiger charge is -2.28. The van der Waals surface area contributed by atoms with Gasteiger partial charge in [0, 0.05) is 16.7 Å². The molecule has 3 heteroatoms. The summed E-state index contributed by atoms with van der Waals surface area (Å²) in [7, 11) is 0. The van der Waals surface area contributed by atoms with E-state index in [0.717, 1.165) is 19.4 Å². The second kappa shape index (κ2) is 3.12. The van der Waals surface area contributed by atoms with Crippen LogP contribution in [0.2, 0.25) is 0 Å². The summed E-state index contributed by atoms with van der Waals surface area (Å²) >= 11 is 12.1. The first-order valence-electron chi connectivity index (χ1n) is 4.00. The van der Waals surface area contributed by atoms with Gasteiger partial charge in [0.25, 0.3) is 0 Å². The van der Waals surface area contributed by atoms with Crippen molar-refractivity contribution in [1.29, 1.82) is 0 Å². The number of hydrogen-bond donors (Lipinski definition) is 0. The van der Waals surface area contributed by atoms with Gasteiger partial charge in [0.2, 0.25) is 0 Å². The third kappa shape index (κ3) is 1.82. The highest BCUT2D eigenvalue weighted by Gasteiger charge is 2.40. The molecule has 0 aromatic heterocycles. The molecule has 1 heterocycles. The maximum atomic E-state index is 6.11. The van der Waals surface area contributed by atoms with Gasteiger partial charge in [-0.2, -0.15) is 0 Å². The first-order valence-corrected chi connectivity index (χ1v) is 4.87. The number of hydrogen-bond acceptors (Lipinski definition) is 1. The van der Waals surface area contributed by atoms with Crippen LogP contribution in [0.25, 0.3) is 0 Å². The first-order chi connectivity index (χ1) is 5.27. The van der Waals surface area contributed by atoms with E-state index in [2.05, 4.69) is 6.42 Å². The smallest absolute Gasteiger partial charge is 0.0852 e. The summed E-state index contributed by atoms with van der Waals surface area (Å²) in [6, 6.07) is 0. The first kappa shape index (κ1) is 8.15. The molecule has 4 unspecified atom stereocenters. The molecule has 2 rings (SSSR count). The predicted molar refractivity (Wildman–Crippen MR) is 46.0 cm³/mol. The molecule has 1 aliphatic carbocycles. The van der Waals surface area contributed by atoms with E-state index in [4.69, 9.17) is 27.9 Å². The van der Waals surface area contributed by atoms with E-state index in [9.17, 15) is 0 Å². The van der Waals surface area contributed by atoms with Gasteiger partial charge < -0.3 is 4.74 Å². The Morgan fingerprint density at radius 2 is 2.09 bits per heavy atom. The lowest BCUT2D eigenvalue weighted by Crippen LogP contribution is -2.30. The molecule has 0 aromatic carbocycles. The molecular formula is C8H11Cl2O. The Morgan fingerprint density at radius 1 is 1.36 bits per heavy atom. The van der Waals surface area contributed by atoms with Crippen molar-refractivity contribution in [2.75, 3.05) is 6.61 Å². The van der Waals surface area contributed by atoms with Crippen LogP contribution < -0.4 is 0 Å². The number of epoxide rings is 1. The van der Waals surface area contributed by atoms with Gasteiger partial charge in [-0.3, -0.25) is 0 Å². The molecule has 0 N–H and O–H groups in total. The van der Waals surface area contributed by atoms with Gasteiger partial charge in [-0.15, -0.1) is 23.2 Å². The summed E-state index contributed by atoms with van der Waals surface area (Å²) in [5.41, 5.74) is 0. The second-order valence-electron chi connectivity index (χ2n) is 3.27. The molecule has 63 valence electrons. The number of rotatable bonds is 1. The Morgan fingerprint density at radius 3 is 2.73 bits per heavy atom. The van der Waals surface area contributed by atoms with Crippen LogP contribution in [0.5, 0.6) is 0 Å². The maximum absolute atomic E-state index is 6.11. The number of alkyl halides is 2. The van der Waals surface area contributed by atoms with Gasteiger partial charge in [-0.1, -0.05) is 0 Å². The van der Waals surface area contributed by atoms with Crippen molar-refractivity contribution in [2.45, 2.75) is 29.7 Å². The molecule has 0 spiro atoms. The average Bonchev–Trinajstić information content (AvgIpc) is 2.76. The van der Waals surface area contributed by atoms with Crippen LogP contribution in [0.15, 0.2) is 0 Å². The van der Waals surface area contributed by atoms with Crippen molar-refractivity contribution in [3.63, 3.8) is 0 Å². The van der Waals surface area contributed by atoms with Gasteiger partial charge in [-0.25, -0.2) is 0 Å². The van der Waals surface area contributed by atoms with E-state index in [-0.39, 0.29) is 10.8 Å². The van der Waals surface area contributed by atoms with Crippen LogP contribution in [0.1, 0.15) is 12.8 Å². The minimum absolute atomic E-state index is 0.208. The monoisotopic (exact) mass is 193 g/mol. The zero-order valence-electron chi connectivity index (χ0n) is 6.17. The van der Waals surface area contributed by atoms with Gasteiger partial charge in [0.05, 0.1) is 12.7 Å². The SMILES string of the molecule is ClC1[CH]CC(Cl)C(C2CO2)C1. The number of ether oxygens (including phenoxy) is 1. The van der Waals surface area contributed by atoms with Gasteiger partial charge >= 0.3 is 0 Å². The fourth-order valence-corrected chi connectivity index (χ4v) is 2.32. The largest absolute Gasteiger partial charge is 0.373 e. The van der Waals surface area contributed by atoms with E-state index < -0.39 is 0 Å². The summed E-state index contributed by atoms with van der Waals surface area (Å²) in [6.45, 7) is 0.886. The van der Waals surface area contributed by atoms with Crippen LogP contribution in [-0.2, 0) is 4.74 Å². The molecule has 1 saturated carbocycles. The van der Waals surface area contributed by atoms with E-state index in [1.165, 1.54) is 0 Å². The third-order valence-corrected chi connectivity index (χ3v) is 3.27. The highest BCUT2D eigenvalue weighted by Crippen LogP contribution is 2.38.